The number of halogens is 3. The summed E-state index contributed by atoms with van der Waals surface area (Å²) in [5.74, 6) is 0.194. The van der Waals surface area contributed by atoms with Crippen LogP contribution in [0.25, 0.3) is 0 Å². The number of benzene rings is 1. The van der Waals surface area contributed by atoms with Crippen molar-refractivity contribution in [1.82, 2.24) is 4.90 Å². The lowest BCUT2D eigenvalue weighted by molar-refractivity contribution is 0.0488. The van der Waals surface area contributed by atoms with Crippen molar-refractivity contribution >= 4 is 27.5 Å². The van der Waals surface area contributed by atoms with Gasteiger partial charge in [0.2, 0.25) is 0 Å². The number of likely N-dealkylation sites (N-methyl/N-ethyl adjacent to an activating group) is 1. The molecule has 0 aliphatic heterocycles. The molecule has 2 N–H and O–H groups in total. The predicted molar refractivity (Wildman–Crippen MR) is 90.1 cm³/mol. The summed E-state index contributed by atoms with van der Waals surface area (Å²) in [6.07, 6.45) is 4.30. The minimum atomic E-state index is -0.405. The summed E-state index contributed by atoms with van der Waals surface area (Å²) in [5, 5.41) is 0.112. The van der Waals surface area contributed by atoms with E-state index in [0.29, 0.717) is 16.0 Å². The van der Waals surface area contributed by atoms with Crippen LogP contribution in [0.5, 0.6) is 0 Å². The lowest BCUT2D eigenvalue weighted by atomic mass is 9.70. The van der Waals surface area contributed by atoms with Crippen molar-refractivity contribution in [2.45, 2.75) is 44.2 Å². The van der Waals surface area contributed by atoms with Gasteiger partial charge in [-0.2, -0.15) is 0 Å². The minimum absolute atomic E-state index is 0.112. The molecule has 2 rings (SSSR count). The summed E-state index contributed by atoms with van der Waals surface area (Å²) in [5.41, 5.74) is 6.82. The topological polar surface area (TPSA) is 29.3 Å². The van der Waals surface area contributed by atoms with Crippen LogP contribution in [0.2, 0.25) is 5.02 Å². The Morgan fingerprint density at radius 2 is 2.14 bits per heavy atom. The van der Waals surface area contributed by atoms with Crippen molar-refractivity contribution in [2.24, 2.45) is 11.7 Å². The average Bonchev–Trinajstić information content (AvgIpc) is 2.44. The molecule has 1 aliphatic carbocycles. The Kier molecular flexibility index (Phi) is 5.35. The maximum absolute atomic E-state index is 14.5. The third kappa shape index (κ3) is 3.14. The molecule has 5 heteroatoms. The molecule has 1 aromatic carbocycles. The Hall–Kier alpha value is -0.160. The molecule has 0 amide bonds. The molecule has 3 atom stereocenters. The van der Waals surface area contributed by atoms with Gasteiger partial charge in [-0.05, 0) is 54.9 Å². The van der Waals surface area contributed by atoms with Crippen LogP contribution in [0.4, 0.5) is 4.39 Å². The van der Waals surface area contributed by atoms with Crippen molar-refractivity contribution in [3.05, 3.63) is 33.0 Å². The fraction of sp³-hybridized carbons (Fsp3) is 0.625. The van der Waals surface area contributed by atoms with Crippen LogP contribution < -0.4 is 5.73 Å². The van der Waals surface area contributed by atoms with Crippen LogP contribution in [0.15, 0.2) is 16.6 Å². The first-order valence-corrected chi connectivity index (χ1v) is 8.53. The summed E-state index contributed by atoms with van der Waals surface area (Å²) in [7, 11) is 4.08. The van der Waals surface area contributed by atoms with Gasteiger partial charge in [0.15, 0.2) is 0 Å². The lowest BCUT2D eigenvalue weighted by Crippen LogP contribution is -2.55. The molecule has 118 valence electrons. The van der Waals surface area contributed by atoms with Crippen LogP contribution >= 0.6 is 27.5 Å². The Bertz CT molecular complexity index is 523. The van der Waals surface area contributed by atoms with E-state index >= 15 is 0 Å². The van der Waals surface area contributed by atoms with E-state index in [0.717, 1.165) is 19.3 Å². The van der Waals surface area contributed by atoms with Crippen LogP contribution in [0.1, 0.15) is 44.2 Å². The normalized spacial score (nSPS) is 27.9. The second-order valence-corrected chi connectivity index (χ2v) is 7.67. The summed E-state index contributed by atoms with van der Waals surface area (Å²) in [4.78, 5) is 2.17. The highest BCUT2D eigenvalue weighted by Crippen LogP contribution is 2.44. The number of rotatable bonds is 3. The van der Waals surface area contributed by atoms with Gasteiger partial charge in [0.25, 0.3) is 0 Å². The summed E-state index contributed by atoms with van der Waals surface area (Å²) in [6.45, 7) is 2.25. The van der Waals surface area contributed by atoms with Crippen molar-refractivity contribution in [3.8, 4) is 0 Å². The quantitative estimate of drug-likeness (QED) is 0.770. The smallest absolute Gasteiger partial charge is 0.147 e. The maximum Gasteiger partial charge on any atom is 0.147 e. The minimum Gasteiger partial charge on any atom is -0.322 e. The van der Waals surface area contributed by atoms with Gasteiger partial charge in [-0.1, -0.05) is 37.4 Å². The van der Waals surface area contributed by atoms with E-state index < -0.39 is 5.82 Å². The van der Waals surface area contributed by atoms with Gasteiger partial charge >= 0.3 is 0 Å². The SMILES string of the molecule is CC1CCCC(C(N)c2ccc(Br)c(Cl)c2F)(N(C)C)C1. The molecule has 3 unspecified atom stereocenters. The molecular weight excluding hydrogens is 355 g/mol. The first-order valence-electron chi connectivity index (χ1n) is 7.36. The first-order chi connectivity index (χ1) is 9.79. The van der Waals surface area contributed by atoms with Crippen molar-refractivity contribution in [1.29, 1.82) is 0 Å². The third-order valence-electron chi connectivity index (χ3n) is 4.88. The van der Waals surface area contributed by atoms with Gasteiger partial charge in [-0.25, -0.2) is 4.39 Å². The molecular formula is C16H23BrClFN2. The molecule has 1 fully saturated rings. The molecule has 0 radical (unpaired) electrons. The fourth-order valence-electron chi connectivity index (χ4n) is 3.60. The van der Waals surface area contributed by atoms with E-state index in [4.69, 9.17) is 17.3 Å². The maximum atomic E-state index is 14.5. The monoisotopic (exact) mass is 376 g/mol. The molecule has 21 heavy (non-hydrogen) atoms. The zero-order chi connectivity index (χ0) is 15.8. The second-order valence-electron chi connectivity index (χ2n) is 6.44. The largest absolute Gasteiger partial charge is 0.322 e. The summed E-state index contributed by atoms with van der Waals surface area (Å²) in [6, 6.07) is 3.14. The summed E-state index contributed by atoms with van der Waals surface area (Å²) >= 11 is 9.28. The van der Waals surface area contributed by atoms with Crippen LogP contribution in [-0.4, -0.2) is 24.5 Å². The number of nitrogens with two attached hydrogens (primary N) is 1. The Balaban J connectivity index is 2.44. The van der Waals surface area contributed by atoms with Gasteiger partial charge in [0.1, 0.15) is 5.82 Å². The molecule has 0 aromatic heterocycles. The highest BCUT2D eigenvalue weighted by molar-refractivity contribution is 9.10. The molecule has 0 spiro atoms. The zero-order valence-electron chi connectivity index (χ0n) is 12.8. The standard InChI is InChI=1S/C16H23BrClFN2/c1-10-5-4-8-16(9-10,21(2)3)15(20)11-6-7-12(17)13(18)14(11)19/h6-7,10,15H,4-5,8-9,20H2,1-3H3. The first kappa shape index (κ1) is 17.2. The fourth-order valence-corrected chi connectivity index (χ4v) is 4.08. The van der Waals surface area contributed by atoms with Crippen LogP contribution in [-0.2, 0) is 0 Å². The third-order valence-corrected chi connectivity index (χ3v) is 6.14. The molecule has 1 aromatic rings. The van der Waals surface area contributed by atoms with Crippen molar-refractivity contribution < 1.29 is 4.39 Å². The molecule has 0 saturated heterocycles. The number of hydrogen-bond acceptors (Lipinski definition) is 2. The highest BCUT2D eigenvalue weighted by Gasteiger charge is 2.43. The Morgan fingerprint density at radius 3 is 2.71 bits per heavy atom. The van der Waals surface area contributed by atoms with E-state index in [2.05, 4.69) is 27.8 Å². The Labute approximate surface area is 140 Å². The van der Waals surface area contributed by atoms with E-state index in [1.54, 1.807) is 12.1 Å². The van der Waals surface area contributed by atoms with Gasteiger partial charge in [0, 0.05) is 15.6 Å². The van der Waals surface area contributed by atoms with Crippen LogP contribution in [0.3, 0.4) is 0 Å². The zero-order valence-corrected chi connectivity index (χ0v) is 15.1. The van der Waals surface area contributed by atoms with E-state index in [1.807, 2.05) is 14.1 Å². The number of hydrogen-bond donors (Lipinski definition) is 1. The molecule has 2 nitrogen and oxygen atoms in total. The highest BCUT2D eigenvalue weighted by atomic mass is 79.9. The molecule has 0 heterocycles. The van der Waals surface area contributed by atoms with Gasteiger partial charge in [0.05, 0.1) is 11.1 Å². The van der Waals surface area contributed by atoms with Crippen molar-refractivity contribution in [2.75, 3.05) is 14.1 Å². The summed E-state index contributed by atoms with van der Waals surface area (Å²) < 4.78 is 15.1. The van der Waals surface area contributed by atoms with E-state index in [9.17, 15) is 4.39 Å². The van der Waals surface area contributed by atoms with Crippen LogP contribution in [0, 0.1) is 11.7 Å². The average molecular weight is 378 g/mol. The van der Waals surface area contributed by atoms with Gasteiger partial charge < -0.3 is 10.6 Å². The van der Waals surface area contributed by atoms with Gasteiger partial charge in [-0.15, -0.1) is 0 Å². The Morgan fingerprint density at radius 1 is 1.48 bits per heavy atom. The second kappa shape index (κ2) is 6.53. The predicted octanol–water partition coefficient (Wildman–Crippen LogP) is 4.75. The molecule has 1 aliphatic rings. The number of nitrogens with zero attached hydrogens (tertiary/aromatic N) is 1. The molecule has 0 bridgehead atoms. The molecule has 1 saturated carbocycles. The lowest BCUT2D eigenvalue weighted by Gasteiger charge is -2.49. The van der Waals surface area contributed by atoms with E-state index in [-0.39, 0.29) is 16.6 Å². The van der Waals surface area contributed by atoms with Crippen molar-refractivity contribution in [3.63, 3.8) is 0 Å². The van der Waals surface area contributed by atoms with E-state index in [1.165, 1.54) is 6.42 Å². The van der Waals surface area contributed by atoms with Gasteiger partial charge in [-0.3, -0.25) is 0 Å².